The van der Waals surface area contributed by atoms with Gasteiger partial charge in [-0.05, 0) is 37.0 Å². The summed E-state index contributed by atoms with van der Waals surface area (Å²) in [7, 11) is 0. The van der Waals surface area contributed by atoms with Gasteiger partial charge in [0.25, 0.3) is 0 Å². The lowest BCUT2D eigenvalue weighted by Gasteiger charge is -2.18. The van der Waals surface area contributed by atoms with Crippen LogP contribution < -0.4 is 0 Å². The van der Waals surface area contributed by atoms with E-state index in [1.807, 2.05) is 26.0 Å². The number of hydrogen-bond donors (Lipinski definition) is 0. The Labute approximate surface area is 132 Å². The van der Waals surface area contributed by atoms with Crippen molar-refractivity contribution >= 4 is 11.8 Å². The highest BCUT2D eigenvalue weighted by Crippen LogP contribution is 2.22. The quantitative estimate of drug-likeness (QED) is 0.354. The highest BCUT2D eigenvalue weighted by Gasteiger charge is 2.13. The minimum atomic E-state index is -0.517. The first kappa shape index (κ1) is 17.9. The predicted molar refractivity (Wildman–Crippen MR) is 89.0 cm³/mol. The second kappa shape index (κ2) is 7.74. The third kappa shape index (κ3) is 6.08. The minimum Gasteiger partial charge on any atom is -0.458 e. The molecule has 0 aromatic heterocycles. The molecule has 3 nitrogen and oxygen atoms in total. The van der Waals surface area contributed by atoms with E-state index in [0.29, 0.717) is 5.56 Å². The van der Waals surface area contributed by atoms with Crippen LogP contribution in [0.25, 0.3) is 0 Å². The maximum atomic E-state index is 12.0. The standard InChI is InChI=1S/C19H24O3/c1-14(2)12-13-22-18(21)11-10-17(20)15-6-8-16(9-7-15)19(3,4)5/h6-12H,13H2,1-5H3/b11-10+. The Morgan fingerprint density at radius 2 is 1.64 bits per heavy atom. The van der Waals surface area contributed by atoms with Crippen molar-refractivity contribution < 1.29 is 14.3 Å². The zero-order valence-electron chi connectivity index (χ0n) is 14.0. The highest BCUT2D eigenvalue weighted by molar-refractivity contribution is 6.07. The second-order valence-corrected chi connectivity index (χ2v) is 6.44. The number of ketones is 1. The van der Waals surface area contributed by atoms with Gasteiger partial charge in [0.1, 0.15) is 6.61 Å². The summed E-state index contributed by atoms with van der Waals surface area (Å²) in [6.07, 6.45) is 4.22. The van der Waals surface area contributed by atoms with E-state index in [2.05, 4.69) is 20.8 Å². The van der Waals surface area contributed by atoms with Crippen LogP contribution in [0.3, 0.4) is 0 Å². The van der Waals surface area contributed by atoms with Crippen molar-refractivity contribution in [2.45, 2.75) is 40.0 Å². The van der Waals surface area contributed by atoms with Crippen molar-refractivity contribution in [1.82, 2.24) is 0 Å². The molecule has 0 unspecified atom stereocenters. The van der Waals surface area contributed by atoms with Crippen LogP contribution in [-0.2, 0) is 14.9 Å². The zero-order valence-corrected chi connectivity index (χ0v) is 14.0. The molecule has 22 heavy (non-hydrogen) atoms. The van der Waals surface area contributed by atoms with Crippen LogP contribution in [0.5, 0.6) is 0 Å². The molecule has 0 aliphatic heterocycles. The van der Waals surface area contributed by atoms with Crippen LogP contribution in [0, 0.1) is 0 Å². The normalized spacial score (nSPS) is 11.3. The summed E-state index contributed by atoms with van der Waals surface area (Å²) < 4.78 is 4.95. The number of hydrogen-bond acceptors (Lipinski definition) is 3. The molecule has 0 aliphatic carbocycles. The van der Waals surface area contributed by atoms with E-state index in [9.17, 15) is 9.59 Å². The number of carbonyl (C=O) groups is 2. The summed E-state index contributed by atoms with van der Waals surface area (Å²) in [6.45, 7) is 10.4. The van der Waals surface area contributed by atoms with Gasteiger partial charge in [0.2, 0.25) is 0 Å². The molecule has 0 saturated heterocycles. The molecule has 1 aromatic rings. The average Bonchev–Trinajstić information content (AvgIpc) is 2.43. The fourth-order valence-electron chi connectivity index (χ4n) is 1.71. The summed E-state index contributed by atoms with van der Waals surface area (Å²) >= 11 is 0. The molecule has 1 aromatic carbocycles. The first-order valence-electron chi connectivity index (χ1n) is 7.33. The van der Waals surface area contributed by atoms with Crippen molar-refractivity contribution in [3.8, 4) is 0 Å². The second-order valence-electron chi connectivity index (χ2n) is 6.44. The summed E-state index contributed by atoms with van der Waals surface area (Å²) in [6, 6.07) is 7.44. The number of esters is 1. The maximum absolute atomic E-state index is 12.0. The number of carbonyl (C=O) groups excluding carboxylic acids is 2. The first-order valence-corrected chi connectivity index (χ1v) is 7.33. The van der Waals surface area contributed by atoms with Gasteiger partial charge in [-0.3, -0.25) is 4.79 Å². The molecule has 0 N–H and O–H groups in total. The van der Waals surface area contributed by atoms with Gasteiger partial charge in [-0.2, -0.15) is 0 Å². The third-order valence-electron chi connectivity index (χ3n) is 3.12. The Kier molecular flexibility index (Phi) is 6.29. The Hall–Kier alpha value is -2.16. The average molecular weight is 300 g/mol. The molecule has 0 heterocycles. The Morgan fingerprint density at radius 3 is 2.14 bits per heavy atom. The molecule has 118 valence electrons. The van der Waals surface area contributed by atoms with Crippen molar-refractivity contribution in [2.24, 2.45) is 0 Å². The van der Waals surface area contributed by atoms with E-state index in [4.69, 9.17) is 4.74 Å². The molecule has 0 bridgehead atoms. The third-order valence-corrected chi connectivity index (χ3v) is 3.12. The Bertz CT molecular complexity index is 580. The predicted octanol–water partition coefficient (Wildman–Crippen LogP) is 4.23. The van der Waals surface area contributed by atoms with Crippen LogP contribution >= 0.6 is 0 Å². The number of allylic oxidation sites excluding steroid dienone is 2. The fraction of sp³-hybridized carbons (Fsp3) is 0.368. The first-order chi connectivity index (χ1) is 10.2. The van der Waals surface area contributed by atoms with Gasteiger partial charge in [0, 0.05) is 11.6 Å². The van der Waals surface area contributed by atoms with Crippen molar-refractivity contribution in [2.75, 3.05) is 6.61 Å². The van der Waals surface area contributed by atoms with E-state index in [0.717, 1.165) is 11.1 Å². The zero-order chi connectivity index (χ0) is 16.8. The molecule has 0 fully saturated rings. The van der Waals surface area contributed by atoms with E-state index in [-0.39, 0.29) is 17.8 Å². The minimum absolute atomic E-state index is 0.0478. The molecule has 0 atom stereocenters. The molecular formula is C19H24O3. The Morgan fingerprint density at radius 1 is 1.05 bits per heavy atom. The molecule has 3 heteroatoms. The lowest BCUT2D eigenvalue weighted by Crippen LogP contribution is -2.11. The van der Waals surface area contributed by atoms with Gasteiger partial charge < -0.3 is 4.74 Å². The molecule has 0 amide bonds. The monoisotopic (exact) mass is 300 g/mol. The SMILES string of the molecule is CC(C)=CCOC(=O)/C=C/C(=O)c1ccc(C(C)(C)C)cc1. The van der Waals surface area contributed by atoms with Gasteiger partial charge in [-0.15, -0.1) is 0 Å². The van der Waals surface area contributed by atoms with Crippen LogP contribution in [0.1, 0.15) is 50.5 Å². The number of ether oxygens (including phenoxy) is 1. The fourth-order valence-corrected chi connectivity index (χ4v) is 1.71. The number of benzene rings is 1. The van der Waals surface area contributed by atoms with E-state index in [1.165, 1.54) is 12.2 Å². The molecular weight excluding hydrogens is 276 g/mol. The largest absolute Gasteiger partial charge is 0.458 e. The lowest BCUT2D eigenvalue weighted by atomic mass is 9.86. The molecule has 0 saturated carbocycles. The molecule has 0 spiro atoms. The molecule has 0 radical (unpaired) electrons. The summed E-state index contributed by atoms with van der Waals surface area (Å²) in [5.74, 6) is -0.725. The van der Waals surface area contributed by atoms with Crippen LogP contribution in [-0.4, -0.2) is 18.4 Å². The van der Waals surface area contributed by atoms with E-state index >= 15 is 0 Å². The van der Waals surface area contributed by atoms with Gasteiger partial charge in [0.15, 0.2) is 5.78 Å². The summed E-state index contributed by atoms with van der Waals surface area (Å²) in [5, 5.41) is 0. The highest BCUT2D eigenvalue weighted by atomic mass is 16.5. The van der Waals surface area contributed by atoms with Gasteiger partial charge in [0.05, 0.1) is 0 Å². The lowest BCUT2D eigenvalue weighted by molar-refractivity contribution is -0.136. The summed E-state index contributed by atoms with van der Waals surface area (Å²) in [4.78, 5) is 23.4. The van der Waals surface area contributed by atoms with Crippen LogP contribution in [0.4, 0.5) is 0 Å². The van der Waals surface area contributed by atoms with Gasteiger partial charge >= 0.3 is 5.97 Å². The van der Waals surface area contributed by atoms with Crippen molar-refractivity contribution in [1.29, 1.82) is 0 Å². The van der Waals surface area contributed by atoms with Crippen LogP contribution in [0.15, 0.2) is 48.1 Å². The number of rotatable bonds is 5. The van der Waals surface area contributed by atoms with Gasteiger partial charge in [-0.1, -0.05) is 50.6 Å². The molecule has 1 rings (SSSR count). The van der Waals surface area contributed by atoms with E-state index in [1.54, 1.807) is 18.2 Å². The smallest absolute Gasteiger partial charge is 0.331 e. The van der Waals surface area contributed by atoms with Crippen molar-refractivity contribution in [3.63, 3.8) is 0 Å². The van der Waals surface area contributed by atoms with E-state index < -0.39 is 5.97 Å². The van der Waals surface area contributed by atoms with Gasteiger partial charge in [-0.25, -0.2) is 4.79 Å². The Balaban J connectivity index is 2.63. The molecule has 0 aliphatic rings. The van der Waals surface area contributed by atoms with Crippen LogP contribution in [0.2, 0.25) is 0 Å². The summed E-state index contributed by atoms with van der Waals surface area (Å²) in [5.41, 5.74) is 2.84. The maximum Gasteiger partial charge on any atom is 0.331 e. The topological polar surface area (TPSA) is 43.4 Å². The van der Waals surface area contributed by atoms with Crippen molar-refractivity contribution in [3.05, 3.63) is 59.2 Å².